The van der Waals surface area contributed by atoms with Gasteiger partial charge in [-0.25, -0.2) is 4.79 Å². The Bertz CT molecular complexity index is 475. The lowest BCUT2D eigenvalue weighted by atomic mass is 9.91. The van der Waals surface area contributed by atoms with Gasteiger partial charge in [-0.15, -0.1) is 11.3 Å². The predicted molar refractivity (Wildman–Crippen MR) is 77.7 cm³/mol. The normalized spacial score (nSPS) is 24.2. The zero-order chi connectivity index (χ0) is 14.7. The third-order valence-electron chi connectivity index (χ3n) is 3.61. The number of piperidine rings is 1. The Labute approximate surface area is 122 Å². The minimum absolute atomic E-state index is 0.0528. The zero-order valence-electron chi connectivity index (χ0n) is 11.7. The van der Waals surface area contributed by atoms with E-state index in [0.717, 1.165) is 4.88 Å². The molecule has 1 fully saturated rings. The molecule has 2 N–H and O–H groups in total. The van der Waals surface area contributed by atoms with Crippen molar-refractivity contribution >= 4 is 23.3 Å². The molecule has 110 valence electrons. The second kappa shape index (κ2) is 6.26. The van der Waals surface area contributed by atoms with Gasteiger partial charge in [0.15, 0.2) is 0 Å². The van der Waals surface area contributed by atoms with Crippen molar-refractivity contribution in [2.24, 2.45) is 11.8 Å². The summed E-state index contributed by atoms with van der Waals surface area (Å²) >= 11 is 1.60. The van der Waals surface area contributed by atoms with Crippen LogP contribution in [0.3, 0.4) is 0 Å². The first-order chi connectivity index (χ1) is 9.47. The van der Waals surface area contributed by atoms with Crippen molar-refractivity contribution in [3.05, 3.63) is 22.4 Å². The van der Waals surface area contributed by atoms with Gasteiger partial charge >= 0.3 is 12.0 Å². The highest BCUT2D eigenvalue weighted by molar-refractivity contribution is 7.10. The molecule has 2 heterocycles. The Balaban J connectivity index is 1.96. The van der Waals surface area contributed by atoms with E-state index in [-0.39, 0.29) is 18.0 Å². The minimum atomic E-state index is -0.819. The molecule has 3 unspecified atom stereocenters. The van der Waals surface area contributed by atoms with Crippen molar-refractivity contribution in [2.75, 3.05) is 13.1 Å². The monoisotopic (exact) mass is 296 g/mol. The van der Waals surface area contributed by atoms with Gasteiger partial charge in [-0.1, -0.05) is 13.0 Å². The molecule has 0 bridgehead atoms. The van der Waals surface area contributed by atoms with Gasteiger partial charge in [-0.3, -0.25) is 4.79 Å². The Morgan fingerprint density at radius 2 is 2.25 bits per heavy atom. The summed E-state index contributed by atoms with van der Waals surface area (Å²) in [5.74, 6) is -1.06. The van der Waals surface area contributed by atoms with E-state index < -0.39 is 11.9 Å². The number of amides is 2. The molecule has 5 nitrogen and oxygen atoms in total. The van der Waals surface area contributed by atoms with E-state index in [0.29, 0.717) is 19.5 Å². The van der Waals surface area contributed by atoms with Crippen LogP contribution in [0.4, 0.5) is 4.79 Å². The van der Waals surface area contributed by atoms with Crippen LogP contribution in [0.15, 0.2) is 17.5 Å². The van der Waals surface area contributed by atoms with Gasteiger partial charge in [0.1, 0.15) is 0 Å². The second-order valence-corrected chi connectivity index (χ2v) is 6.45. The minimum Gasteiger partial charge on any atom is -0.481 e. The fraction of sp³-hybridized carbons (Fsp3) is 0.571. The van der Waals surface area contributed by atoms with Crippen molar-refractivity contribution in [2.45, 2.75) is 26.3 Å². The number of carbonyl (C=O) groups is 2. The van der Waals surface area contributed by atoms with Crippen LogP contribution in [0.25, 0.3) is 0 Å². The number of hydrogen-bond donors (Lipinski definition) is 2. The molecule has 1 saturated heterocycles. The predicted octanol–water partition coefficient (Wildman–Crippen LogP) is 2.56. The van der Waals surface area contributed by atoms with Gasteiger partial charge in [0.25, 0.3) is 0 Å². The summed E-state index contributed by atoms with van der Waals surface area (Å²) in [4.78, 5) is 26.1. The molecule has 1 aromatic heterocycles. The van der Waals surface area contributed by atoms with Gasteiger partial charge in [-0.2, -0.15) is 0 Å². The first-order valence-electron chi connectivity index (χ1n) is 6.79. The molecule has 2 amide bonds. The summed E-state index contributed by atoms with van der Waals surface area (Å²) in [6.07, 6.45) is 0.638. The number of carboxylic acid groups (broad SMARTS) is 1. The largest absolute Gasteiger partial charge is 0.481 e. The molecule has 1 aliphatic rings. The van der Waals surface area contributed by atoms with E-state index in [1.807, 2.05) is 31.4 Å². The van der Waals surface area contributed by atoms with Crippen molar-refractivity contribution < 1.29 is 14.7 Å². The maximum Gasteiger partial charge on any atom is 0.317 e. The van der Waals surface area contributed by atoms with Crippen LogP contribution in [0, 0.1) is 11.8 Å². The van der Waals surface area contributed by atoms with Crippen molar-refractivity contribution in [3.63, 3.8) is 0 Å². The Hall–Kier alpha value is -1.56. The summed E-state index contributed by atoms with van der Waals surface area (Å²) in [5, 5.41) is 14.0. The van der Waals surface area contributed by atoms with Crippen LogP contribution < -0.4 is 5.32 Å². The molecule has 2 rings (SSSR count). The third kappa shape index (κ3) is 3.50. The van der Waals surface area contributed by atoms with Gasteiger partial charge in [-0.05, 0) is 30.7 Å². The zero-order valence-corrected chi connectivity index (χ0v) is 12.5. The van der Waals surface area contributed by atoms with E-state index in [1.54, 1.807) is 16.2 Å². The lowest BCUT2D eigenvalue weighted by molar-refractivity contribution is -0.143. The number of hydrogen-bond acceptors (Lipinski definition) is 3. The van der Waals surface area contributed by atoms with E-state index in [4.69, 9.17) is 5.11 Å². The molecule has 1 aromatic rings. The topological polar surface area (TPSA) is 69.6 Å². The van der Waals surface area contributed by atoms with Crippen LogP contribution in [0.1, 0.15) is 31.2 Å². The lowest BCUT2D eigenvalue weighted by Gasteiger charge is -2.35. The molecule has 6 heteroatoms. The number of thiophene rings is 1. The van der Waals surface area contributed by atoms with E-state index in [2.05, 4.69) is 5.32 Å². The summed E-state index contributed by atoms with van der Waals surface area (Å²) < 4.78 is 0. The molecule has 1 aliphatic heterocycles. The van der Waals surface area contributed by atoms with Crippen LogP contribution in [-0.4, -0.2) is 35.1 Å². The molecule has 20 heavy (non-hydrogen) atoms. The Morgan fingerprint density at radius 3 is 2.85 bits per heavy atom. The van der Waals surface area contributed by atoms with Gasteiger partial charge in [0, 0.05) is 18.0 Å². The molecule has 0 spiro atoms. The summed E-state index contributed by atoms with van der Waals surface area (Å²) in [7, 11) is 0. The van der Waals surface area contributed by atoms with E-state index in [1.165, 1.54) is 0 Å². The molecule has 0 radical (unpaired) electrons. The number of nitrogens with zero attached hydrogens (tertiary/aromatic N) is 1. The highest BCUT2D eigenvalue weighted by Gasteiger charge is 2.32. The van der Waals surface area contributed by atoms with Crippen molar-refractivity contribution in [1.29, 1.82) is 0 Å². The van der Waals surface area contributed by atoms with Crippen molar-refractivity contribution in [3.8, 4) is 0 Å². The fourth-order valence-electron chi connectivity index (χ4n) is 2.58. The molecule has 3 atom stereocenters. The second-order valence-electron chi connectivity index (χ2n) is 5.47. The molecule has 0 aromatic carbocycles. The van der Waals surface area contributed by atoms with E-state index in [9.17, 15) is 9.59 Å². The smallest absolute Gasteiger partial charge is 0.317 e. The Kier molecular flexibility index (Phi) is 4.65. The summed E-state index contributed by atoms with van der Waals surface area (Å²) in [6.45, 7) is 4.83. The average Bonchev–Trinajstić information content (AvgIpc) is 2.91. The lowest BCUT2D eigenvalue weighted by Crippen LogP contribution is -2.49. The van der Waals surface area contributed by atoms with Gasteiger partial charge < -0.3 is 15.3 Å². The first-order valence-corrected chi connectivity index (χ1v) is 7.67. The third-order valence-corrected chi connectivity index (χ3v) is 4.66. The molecular formula is C14H20N2O3S. The van der Waals surface area contributed by atoms with Crippen molar-refractivity contribution in [1.82, 2.24) is 10.2 Å². The molecular weight excluding hydrogens is 276 g/mol. The number of aliphatic carboxylic acids is 1. The number of likely N-dealkylation sites (tertiary alicyclic amines) is 1. The maximum atomic E-state index is 12.2. The van der Waals surface area contributed by atoms with Crippen LogP contribution in [-0.2, 0) is 4.79 Å². The fourth-order valence-corrected chi connectivity index (χ4v) is 3.32. The first kappa shape index (κ1) is 14.8. The maximum absolute atomic E-state index is 12.2. The SMILES string of the molecule is CC1CC(C(=O)O)CN(C(=O)NC(C)c2cccs2)C1. The van der Waals surface area contributed by atoms with Crippen LogP contribution in [0.5, 0.6) is 0 Å². The Morgan fingerprint density at radius 1 is 1.50 bits per heavy atom. The molecule has 0 saturated carbocycles. The van der Waals surface area contributed by atoms with Crippen LogP contribution in [0.2, 0.25) is 0 Å². The number of urea groups is 1. The average molecular weight is 296 g/mol. The van der Waals surface area contributed by atoms with Crippen LogP contribution >= 0.6 is 11.3 Å². The number of rotatable bonds is 3. The summed E-state index contributed by atoms with van der Waals surface area (Å²) in [6, 6.07) is 3.70. The highest BCUT2D eigenvalue weighted by atomic mass is 32.1. The van der Waals surface area contributed by atoms with Gasteiger partial charge in [0.2, 0.25) is 0 Å². The summed E-state index contributed by atoms with van der Waals surface area (Å²) in [5.41, 5.74) is 0. The van der Waals surface area contributed by atoms with E-state index >= 15 is 0 Å². The quantitative estimate of drug-likeness (QED) is 0.900. The number of carboxylic acids is 1. The van der Waals surface area contributed by atoms with Gasteiger partial charge in [0.05, 0.1) is 12.0 Å². The molecule has 0 aliphatic carbocycles. The number of nitrogens with one attached hydrogen (secondary N) is 1. The standard InChI is InChI=1S/C14H20N2O3S/c1-9-6-11(13(17)18)8-16(7-9)14(19)15-10(2)12-4-3-5-20-12/h3-5,9-11H,6-8H2,1-2H3,(H,15,19)(H,17,18). The highest BCUT2D eigenvalue weighted by Crippen LogP contribution is 2.23. The number of carbonyl (C=O) groups excluding carboxylic acids is 1.